The molecule has 5 nitrogen and oxygen atoms in total. The lowest BCUT2D eigenvalue weighted by molar-refractivity contribution is -0.136. The van der Waals surface area contributed by atoms with Gasteiger partial charge in [0, 0.05) is 26.8 Å². The van der Waals surface area contributed by atoms with Gasteiger partial charge < -0.3 is 20.1 Å². The number of carbonyl (C=O) groups is 1. The van der Waals surface area contributed by atoms with Crippen molar-refractivity contribution >= 4 is 5.91 Å². The van der Waals surface area contributed by atoms with Crippen LogP contribution in [0.1, 0.15) is 36.8 Å². The number of nitrogens with zero attached hydrogens (tertiary/aromatic N) is 1. The van der Waals surface area contributed by atoms with E-state index in [1.54, 1.807) is 7.11 Å². The monoisotopic (exact) mass is 332 g/mol. The third kappa shape index (κ3) is 3.15. The van der Waals surface area contributed by atoms with Crippen molar-refractivity contribution in [2.24, 2.45) is 11.7 Å². The first-order chi connectivity index (χ1) is 11.6. The zero-order valence-electron chi connectivity index (χ0n) is 14.7. The second-order valence-electron chi connectivity index (χ2n) is 7.03. The summed E-state index contributed by atoms with van der Waals surface area (Å²) in [6.45, 7) is 2.44. The molecule has 0 spiro atoms. The summed E-state index contributed by atoms with van der Waals surface area (Å²) in [4.78, 5) is 14.8. The lowest BCUT2D eigenvalue weighted by Gasteiger charge is -2.31. The number of fused-ring (bicyclic) bond motifs is 1. The van der Waals surface area contributed by atoms with Crippen LogP contribution >= 0.6 is 0 Å². The van der Waals surface area contributed by atoms with Crippen molar-refractivity contribution in [3.05, 3.63) is 29.3 Å². The van der Waals surface area contributed by atoms with Crippen LogP contribution < -0.4 is 10.5 Å². The van der Waals surface area contributed by atoms with Gasteiger partial charge in [0.25, 0.3) is 0 Å². The van der Waals surface area contributed by atoms with Crippen molar-refractivity contribution in [1.82, 2.24) is 4.90 Å². The molecule has 0 radical (unpaired) electrons. The first-order valence-corrected chi connectivity index (χ1v) is 8.85. The van der Waals surface area contributed by atoms with Gasteiger partial charge in [0.15, 0.2) is 0 Å². The van der Waals surface area contributed by atoms with Gasteiger partial charge in [0.2, 0.25) is 5.91 Å². The Kier molecular flexibility index (Phi) is 5.11. The fourth-order valence-electron chi connectivity index (χ4n) is 3.97. The number of rotatable bonds is 5. The number of methoxy groups -OCH3 is 1. The summed E-state index contributed by atoms with van der Waals surface area (Å²) in [7, 11) is 3.53. The van der Waals surface area contributed by atoms with Gasteiger partial charge in [-0.25, -0.2) is 0 Å². The molecular formula is C19H28N2O3. The lowest BCUT2D eigenvalue weighted by atomic mass is 9.90. The minimum Gasteiger partial charge on any atom is -0.496 e. The minimum atomic E-state index is -0.922. The molecule has 1 fully saturated rings. The van der Waals surface area contributed by atoms with Crippen molar-refractivity contribution in [1.29, 1.82) is 0 Å². The Morgan fingerprint density at radius 1 is 1.42 bits per heavy atom. The summed E-state index contributed by atoms with van der Waals surface area (Å²) in [5.41, 5.74) is 7.66. The fraction of sp³-hybridized carbons (Fsp3) is 0.632. The summed E-state index contributed by atoms with van der Waals surface area (Å²) in [6, 6.07) is 5.82. The van der Waals surface area contributed by atoms with Crippen LogP contribution in [0.3, 0.4) is 0 Å². The van der Waals surface area contributed by atoms with E-state index in [4.69, 9.17) is 15.2 Å². The Hall–Kier alpha value is -1.59. The summed E-state index contributed by atoms with van der Waals surface area (Å²) in [6.07, 6.45) is 4.64. The molecule has 24 heavy (non-hydrogen) atoms. The molecule has 1 aromatic rings. The third-order valence-electron chi connectivity index (χ3n) is 5.54. The molecule has 1 heterocycles. The number of benzene rings is 1. The summed E-state index contributed by atoms with van der Waals surface area (Å²) in [5.74, 6) is 1.50. The molecule has 0 saturated carbocycles. The van der Waals surface area contributed by atoms with E-state index in [0.717, 1.165) is 62.3 Å². The SMILES string of the molecule is COc1cccc2c1CCC2(N)C(=O)N(C)CCC1CCOCC1. The van der Waals surface area contributed by atoms with Crippen LogP contribution in [0.15, 0.2) is 18.2 Å². The van der Waals surface area contributed by atoms with E-state index in [1.807, 2.05) is 30.1 Å². The maximum absolute atomic E-state index is 13.0. The highest BCUT2D eigenvalue weighted by Crippen LogP contribution is 2.40. The molecule has 1 unspecified atom stereocenters. The van der Waals surface area contributed by atoms with Gasteiger partial charge in [-0.05, 0) is 55.2 Å². The number of nitrogens with two attached hydrogens (primary N) is 1. The van der Waals surface area contributed by atoms with E-state index in [9.17, 15) is 4.79 Å². The zero-order valence-corrected chi connectivity index (χ0v) is 14.7. The Bertz CT molecular complexity index is 598. The van der Waals surface area contributed by atoms with Crippen molar-refractivity contribution in [3.8, 4) is 5.75 Å². The third-order valence-corrected chi connectivity index (χ3v) is 5.54. The molecule has 0 aromatic heterocycles. The average Bonchev–Trinajstić information content (AvgIpc) is 2.98. The average molecular weight is 332 g/mol. The van der Waals surface area contributed by atoms with Gasteiger partial charge in [-0.15, -0.1) is 0 Å². The van der Waals surface area contributed by atoms with Crippen LogP contribution in [0.4, 0.5) is 0 Å². The van der Waals surface area contributed by atoms with E-state index < -0.39 is 5.54 Å². The second kappa shape index (κ2) is 7.11. The second-order valence-corrected chi connectivity index (χ2v) is 7.03. The van der Waals surface area contributed by atoms with Crippen molar-refractivity contribution in [2.75, 3.05) is 33.9 Å². The summed E-state index contributed by atoms with van der Waals surface area (Å²) < 4.78 is 10.8. The van der Waals surface area contributed by atoms with Gasteiger partial charge in [0.05, 0.1) is 7.11 Å². The van der Waals surface area contributed by atoms with Crippen LogP contribution in [0.25, 0.3) is 0 Å². The maximum Gasteiger partial charge on any atom is 0.247 e. The lowest BCUT2D eigenvalue weighted by Crippen LogP contribution is -2.50. The first kappa shape index (κ1) is 17.2. The molecule has 5 heteroatoms. The predicted molar refractivity (Wildman–Crippen MR) is 93.0 cm³/mol. The molecular weight excluding hydrogens is 304 g/mol. The van der Waals surface area contributed by atoms with Crippen LogP contribution in [0, 0.1) is 5.92 Å². The van der Waals surface area contributed by atoms with Gasteiger partial charge in [-0.3, -0.25) is 4.79 Å². The highest BCUT2D eigenvalue weighted by atomic mass is 16.5. The Morgan fingerprint density at radius 2 is 2.17 bits per heavy atom. The molecule has 1 atom stereocenters. The van der Waals surface area contributed by atoms with Gasteiger partial charge in [-0.1, -0.05) is 12.1 Å². The molecule has 1 saturated heterocycles. The number of likely N-dealkylation sites (N-methyl/N-ethyl adjacent to an activating group) is 1. The van der Waals surface area contributed by atoms with Gasteiger partial charge in [-0.2, -0.15) is 0 Å². The largest absolute Gasteiger partial charge is 0.496 e. The standard InChI is InChI=1S/C19H28N2O3/c1-21(11-7-14-8-12-24-13-9-14)18(22)19(20)10-6-15-16(19)4-3-5-17(15)23-2/h3-5,14H,6-13,20H2,1-2H3. The molecule has 3 rings (SSSR count). The molecule has 1 aromatic carbocycles. The minimum absolute atomic E-state index is 0.0153. The Labute approximate surface area is 144 Å². The summed E-state index contributed by atoms with van der Waals surface area (Å²) >= 11 is 0. The fourth-order valence-corrected chi connectivity index (χ4v) is 3.97. The Balaban J connectivity index is 1.68. The number of hydrogen-bond donors (Lipinski definition) is 1. The van der Waals surface area contributed by atoms with Gasteiger partial charge in [0.1, 0.15) is 11.3 Å². The molecule has 1 aliphatic carbocycles. The molecule has 132 valence electrons. The molecule has 2 aliphatic rings. The maximum atomic E-state index is 13.0. The summed E-state index contributed by atoms with van der Waals surface area (Å²) in [5, 5.41) is 0. The van der Waals surface area contributed by atoms with E-state index in [-0.39, 0.29) is 5.91 Å². The quantitative estimate of drug-likeness (QED) is 0.896. The number of hydrogen-bond acceptors (Lipinski definition) is 4. The van der Waals surface area contributed by atoms with Crippen molar-refractivity contribution < 1.29 is 14.3 Å². The number of ether oxygens (including phenoxy) is 2. The number of amides is 1. The van der Waals surface area contributed by atoms with E-state index in [0.29, 0.717) is 12.3 Å². The molecule has 1 aliphatic heterocycles. The normalized spacial score (nSPS) is 23.8. The van der Waals surface area contributed by atoms with E-state index in [1.165, 1.54) is 0 Å². The van der Waals surface area contributed by atoms with Crippen molar-refractivity contribution in [2.45, 2.75) is 37.6 Å². The topological polar surface area (TPSA) is 64.8 Å². The highest BCUT2D eigenvalue weighted by molar-refractivity contribution is 5.89. The molecule has 0 bridgehead atoms. The smallest absolute Gasteiger partial charge is 0.247 e. The zero-order chi connectivity index (χ0) is 17.2. The number of carbonyl (C=O) groups excluding carboxylic acids is 1. The first-order valence-electron chi connectivity index (χ1n) is 8.85. The van der Waals surface area contributed by atoms with E-state index in [2.05, 4.69) is 0 Å². The van der Waals surface area contributed by atoms with Crippen molar-refractivity contribution in [3.63, 3.8) is 0 Å². The van der Waals surface area contributed by atoms with Crippen LogP contribution in [0.2, 0.25) is 0 Å². The Morgan fingerprint density at radius 3 is 2.88 bits per heavy atom. The van der Waals surface area contributed by atoms with Gasteiger partial charge >= 0.3 is 0 Å². The van der Waals surface area contributed by atoms with Crippen LogP contribution in [-0.4, -0.2) is 44.7 Å². The van der Waals surface area contributed by atoms with Crippen LogP contribution in [0.5, 0.6) is 5.75 Å². The predicted octanol–water partition coefficient (Wildman–Crippen LogP) is 2.07. The molecule has 2 N–H and O–H groups in total. The molecule has 1 amide bonds. The van der Waals surface area contributed by atoms with Crippen LogP contribution in [-0.2, 0) is 21.5 Å². The highest BCUT2D eigenvalue weighted by Gasteiger charge is 2.44. The van der Waals surface area contributed by atoms with E-state index >= 15 is 0 Å².